The molecule has 104 valence electrons. The van der Waals surface area contributed by atoms with Crippen molar-refractivity contribution in [2.24, 2.45) is 11.3 Å². The van der Waals surface area contributed by atoms with Crippen molar-refractivity contribution in [2.75, 3.05) is 13.2 Å². The largest absolute Gasteiger partial charge is 0.370 e. The molecule has 3 saturated heterocycles. The summed E-state index contributed by atoms with van der Waals surface area (Å²) in [5.74, 6) is 0.370. The SMILES string of the molecule is C1=CC2OC2CC1C1OCC2(CCC3OC3C2)CO1. The molecule has 5 atom stereocenters. The van der Waals surface area contributed by atoms with Gasteiger partial charge in [-0.3, -0.25) is 0 Å². The second-order valence-corrected chi connectivity index (χ2v) is 6.87. The molecule has 1 saturated carbocycles. The summed E-state index contributed by atoms with van der Waals surface area (Å²) in [7, 11) is 0. The van der Waals surface area contributed by atoms with Crippen molar-refractivity contribution in [3.8, 4) is 0 Å². The molecule has 0 aromatic heterocycles. The van der Waals surface area contributed by atoms with Gasteiger partial charge >= 0.3 is 0 Å². The molecule has 5 aliphatic rings. The maximum atomic E-state index is 6.06. The third kappa shape index (κ3) is 1.88. The van der Waals surface area contributed by atoms with Gasteiger partial charge in [0.25, 0.3) is 0 Å². The van der Waals surface area contributed by atoms with Gasteiger partial charge in [0.1, 0.15) is 6.10 Å². The van der Waals surface area contributed by atoms with E-state index in [1.807, 2.05) is 0 Å². The average Bonchev–Trinajstić information content (AvgIpc) is 3.33. The highest BCUT2D eigenvalue weighted by atomic mass is 16.7. The molecule has 0 amide bonds. The molecule has 2 aliphatic carbocycles. The standard InChI is InChI=1S/C15H20O4/c1-2-10-12(18-10)5-9(1)14-16-7-15(8-17-14)4-3-11-13(6-15)19-11/h1-2,9-14H,3-8H2. The number of fused-ring (bicyclic) bond motifs is 2. The maximum Gasteiger partial charge on any atom is 0.163 e. The number of rotatable bonds is 1. The number of ether oxygens (including phenoxy) is 4. The lowest BCUT2D eigenvalue weighted by atomic mass is 9.75. The zero-order chi connectivity index (χ0) is 12.4. The van der Waals surface area contributed by atoms with Crippen LogP contribution in [0.3, 0.4) is 0 Å². The molecule has 5 unspecified atom stereocenters. The van der Waals surface area contributed by atoms with Gasteiger partial charge in [0.2, 0.25) is 0 Å². The van der Waals surface area contributed by atoms with E-state index in [2.05, 4.69) is 12.2 Å². The zero-order valence-corrected chi connectivity index (χ0v) is 11.0. The van der Waals surface area contributed by atoms with Gasteiger partial charge in [-0.2, -0.15) is 0 Å². The first-order chi connectivity index (χ1) is 9.31. The smallest absolute Gasteiger partial charge is 0.163 e. The van der Waals surface area contributed by atoms with Gasteiger partial charge in [-0.1, -0.05) is 12.2 Å². The van der Waals surface area contributed by atoms with E-state index in [1.54, 1.807) is 0 Å². The highest BCUT2D eigenvalue weighted by Crippen LogP contribution is 2.49. The van der Waals surface area contributed by atoms with Crippen LogP contribution in [0.1, 0.15) is 25.7 Å². The second-order valence-electron chi connectivity index (χ2n) is 6.87. The summed E-state index contributed by atoms with van der Waals surface area (Å²) >= 11 is 0. The highest BCUT2D eigenvalue weighted by molar-refractivity contribution is 5.12. The van der Waals surface area contributed by atoms with Crippen LogP contribution in [-0.2, 0) is 18.9 Å². The summed E-state index contributed by atoms with van der Waals surface area (Å²) in [6.45, 7) is 1.67. The Morgan fingerprint density at radius 3 is 2.63 bits per heavy atom. The molecule has 4 heteroatoms. The minimum atomic E-state index is -0.0649. The molecule has 3 aliphatic heterocycles. The summed E-state index contributed by atoms with van der Waals surface area (Å²) in [6, 6.07) is 0. The molecule has 0 N–H and O–H groups in total. The molecule has 4 fully saturated rings. The average molecular weight is 264 g/mol. The van der Waals surface area contributed by atoms with Crippen molar-refractivity contribution in [2.45, 2.75) is 56.4 Å². The Balaban J connectivity index is 1.23. The number of hydrogen-bond acceptors (Lipinski definition) is 4. The molecule has 19 heavy (non-hydrogen) atoms. The Hall–Kier alpha value is -0.420. The van der Waals surface area contributed by atoms with Crippen LogP contribution in [0.15, 0.2) is 12.2 Å². The predicted molar refractivity (Wildman–Crippen MR) is 66.5 cm³/mol. The minimum absolute atomic E-state index is 0.0649. The first-order valence-electron chi connectivity index (χ1n) is 7.54. The van der Waals surface area contributed by atoms with Crippen LogP contribution < -0.4 is 0 Å². The Kier molecular flexibility index (Phi) is 2.26. The van der Waals surface area contributed by atoms with Crippen molar-refractivity contribution in [3.63, 3.8) is 0 Å². The lowest BCUT2D eigenvalue weighted by Crippen LogP contribution is -2.46. The molecule has 0 radical (unpaired) electrons. The monoisotopic (exact) mass is 264 g/mol. The highest BCUT2D eigenvalue weighted by Gasteiger charge is 2.53. The third-order valence-electron chi connectivity index (χ3n) is 5.41. The van der Waals surface area contributed by atoms with Gasteiger partial charge in [-0.05, 0) is 25.7 Å². The topological polar surface area (TPSA) is 43.5 Å². The van der Waals surface area contributed by atoms with E-state index in [0.717, 1.165) is 26.1 Å². The van der Waals surface area contributed by atoms with Crippen LogP contribution in [-0.4, -0.2) is 43.9 Å². The van der Waals surface area contributed by atoms with Crippen LogP contribution in [0.2, 0.25) is 0 Å². The molecular formula is C15H20O4. The van der Waals surface area contributed by atoms with E-state index in [-0.39, 0.29) is 11.7 Å². The molecule has 5 rings (SSSR count). The van der Waals surface area contributed by atoms with E-state index >= 15 is 0 Å². The van der Waals surface area contributed by atoms with Crippen LogP contribution in [0, 0.1) is 11.3 Å². The quantitative estimate of drug-likeness (QED) is 0.533. The van der Waals surface area contributed by atoms with E-state index in [0.29, 0.717) is 30.3 Å². The fourth-order valence-corrected chi connectivity index (χ4v) is 4.02. The molecule has 4 nitrogen and oxygen atoms in total. The number of epoxide rings is 2. The fraction of sp³-hybridized carbons (Fsp3) is 0.867. The Morgan fingerprint density at radius 2 is 1.84 bits per heavy atom. The van der Waals surface area contributed by atoms with Gasteiger partial charge in [0.05, 0.1) is 31.5 Å². The second kappa shape index (κ2) is 3.82. The fourth-order valence-electron chi connectivity index (χ4n) is 4.02. The Bertz CT molecular complexity index is 412. The molecule has 1 spiro atoms. The summed E-state index contributed by atoms with van der Waals surface area (Å²) in [5, 5.41) is 0. The summed E-state index contributed by atoms with van der Waals surface area (Å²) in [6.07, 6.45) is 10.7. The zero-order valence-electron chi connectivity index (χ0n) is 11.0. The first-order valence-corrected chi connectivity index (χ1v) is 7.54. The van der Waals surface area contributed by atoms with Gasteiger partial charge in [-0.25, -0.2) is 0 Å². The predicted octanol–water partition coefficient (Wildman–Crippen LogP) is 1.64. The third-order valence-corrected chi connectivity index (χ3v) is 5.41. The lowest BCUT2D eigenvalue weighted by Gasteiger charge is -2.43. The number of hydrogen-bond donors (Lipinski definition) is 0. The van der Waals surface area contributed by atoms with Crippen LogP contribution in [0.25, 0.3) is 0 Å². The van der Waals surface area contributed by atoms with E-state index in [4.69, 9.17) is 18.9 Å². The molecule has 3 heterocycles. The molecule has 0 aromatic carbocycles. The normalized spacial score (nSPS) is 58.5. The summed E-state index contributed by atoms with van der Waals surface area (Å²) in [5.41, 5.74) is 0.227. The first kappa shape index (κ1) is 11.3. The van der Waals surface area contributed by atoms with E-state index in [9.17, 15) is 0 Å². The van der Waals surface area contributed by atoms with Crippen LogP contribution in [0.5, 0.6) is 0 Å². The van der Waals surface area contributed by atoms with Crippen molar-refractivity contribution in [1.29, 1.82) is 0 Å². The van der Waals surface area contributed by atoms with E-state index < -0.39 is 0 Å². The van der Waals surface area contributed by atoms with Crippen molar-refractivity contribution < 1.29 is 18.9 Å². The maximum absolute atomic E-state index is 6.06. The van der Waals surface area contributed by atoms with E-state index in [1.165, 1.54) is 12.8 Å². The summed E-state index contributed by atoms with van der Waals surface area (Å²) in [4.78, 5) is 0. The molecule has 0 aromatic rings. The van der Waals surface area contributed by atoms with Crippen molar-refractivity contribution in [3.05, 3.63) is 12.2 Å². The van der Waals surface area contributed by atoms with Crippen molar-refractivity contribution in [1.82, 2.24) is 0 Å². The van der Waals surface area contributed by atoms with Gasteiger partial charge in [-0.15, -0.1) is 0 Å². The molecule has 0 bridgehead atoms. The Morgan fingerprint density at radius 1 is 0.947 bits per heavy atom. The van der Waals surface area contributed by atoms with Gasteiger partial charge in [0.15, 0.2) is 6.29 Å². The minimum Gasteiger partial charge on any atom is -0.370 e. The van der Waals surface area contributed by atoms with Crippen LogP contribution in [0.4, 0.5) is 0 Å². The van der Waals surface area contributed by atoms with Gasteiger partial charge < -0.3 is 18.9 Å². The molecular weight excluding hydrogens is 244 g/mol. The Labute approximate surface area is 113 Å². The van der Waals surface area contributed by atoms with Crippen molar-refractivity contribution >= 4 is 0 Å². The van der Waals surface area contributed by atoms with Crippen LogP contribution >= 0.6 is 0 Å². The summed E-state index contributed by atoms with van der Waals surface area (Å²) < 4.78 is 23.3. The lowest BCUT2D eigenvalue weighted by molar-refractivity contribution is -0.249. The van der Waals surface area contributed by atoms with Gasteiger partial charge in [0, 0.05) is 11.3 Å².